The molecule has 0 amide bonds. The zero-order valence-corrected chi connectivity index (χ0v) is 15.2. The summed E-state index contributed by atoms with van der Waals surface area (Å²) in [6.45, 7) is 6.21. The minimum Gasteiger partial charge on any atom is -0.294 e. The minimum atomic E-state index is -2.68. The largest absolute Gasteiger partial charge is 0.294 e. The fraction of sp³-hybridized carbons (Fsp3) is 0.533. The number of rotatable bonds is 8. The van der Waals surface area contributed by atoms with E-state index in [9.17, 15) is 4.57 Å². The van der Waals surface area contributed by atoms with Crippen LogP contribution in [0.15, 0.2) is 29.3 Å². The summed E-state index contributed by atoms with van der Waals surface area (Å²) >= 11 is 1.50. The fourth-order valence-corrected chi connectivity index (χ4v) is 6.40. The molecule has 1 aromatic rings. The molecule has 2 unspecified atom stereocenters. The summed E-state index contributed by atoms with van der Waals surface area (Å²) in [6, 6.07) is 7.97. The molecule has 1 aromatic carbocycles. The van der Waals surface area contributed by atoms with Crippen molar-refractivity contribution in [1.82, 2.24) is 9.76 Å². The van der Waals surface area contributed by atoms with Gasteiger partial charge in [0.05, 0.1) is 12.0 Å². The maximum atomic E-state index is 13.0. The lowest BCUT2D eigenvalue weighted by Crippen LogP contribution is -2.24. The van der Waals surface area contributed by atoms with Gasteiger partial charge >= 0.3 is 0 Å². The van der Waals surface area contributed by atoms with E-state index in [0.29, 0.717) is 11.8 Å². The van der Waals surface area contributed by atoms with E-state index < -0.39 is 6.65 Å². The molecular formula is C15H26N3OPS. The van der Waals surface area contributed by atoms with E-state index in [0.717, 1.165) is 12.1 Å². The lowest BCUT2D eigenvalue weighted by molar-refractivity contribution is 0.535. The number of hydrogen-bond acceptors (Lipinski definition) is 3. The van der Waals surface area contributed by atoms with E-state index in [4.69, 9.17) is 0 Å². The Morgan fingerprint density at radius 2 is 2.00 bits per heavy atom. The summed E-state index contributed by atoms with van der Waals surface area (Å²) in [5, 5.41) is 3.33. The van der Waals surface area contributed by atoms with Crippen LogP contribution in [-0.4, -0.2) is 29.9 Å². The van der Waals surface area contributed by atoms with Gasteiger partial charge in [0.1, 0.15) is 0 Å². The van der Waals surface area contributed by atoms with E-state index in [1.54, 1.807) is 13.4 Å². The Hall–Kier alpha value is -0.770. The molecule has 1 rings (SSSR count). The van der Waals surface area contributed by atoms with Crippen molar-refractivity contribution < 1.29 is 4.57 Å². The quantitative estimate of drug-likeness (QED) is 0.422. The predicted octanol–water partition coefficient (Wildman–Crippen LogP) is 4.84. The molecule has 2 atom stereocenters. The van der Waals surface area contributed by atoms with Crippen LogP contribution >= 0.6 is 18.0 Å². The van der Waals surface area contributed by atoms with Crippen LogP contribution in [0.25, 0.3) is 0 Å². The van der Waals surface area contributed by atoms with Gasteiger partial charge in [0.2, 0.25) is 0 Å². The third-order valence-corrected chi connectivity index (χ3v) is 8.94. The Morgan fingerprint density at radius 1 is 1.38 bits per heavy atom. The second kappa shape index (κ2) is 8.62. The van der Waals surface area contributed by atoms with Crippen LogP contribution in [0.5, 0.6) is 0 Å². The molecule has 21 heavy (non-hydrogen) atoms. The van der Waals surface area contributed by atoms with Crippen molar-refractivity contribution in [2.75, 3.05) is 13.6 Å². The summed E-state index contributed by atoms with van der Waals surface area (Å²) in [6.07, 6.45) is 2.68. The van der Waals surface area contributed by atoms with Gasteiger partial charge in [-0.2, -0.15) is 0 Å². The van der Waals surface area contributed by atoms with Gasteiger partial charge < -0.3 is 0 Å². The molecule has 4 nitrogen and oxygen atoms in total. The molecule has 0 aliphatic carbocycles. The van der Waals surface area contributed by atoms with E-state index in [-0.39, 0.29) is 0 Å². The summed E-state index contributed by atoms with van der Waals surface area (Å²) in [4.78, 5) is 4.44. The van der Waals surface area contributed by atoms with E-state index in [1.807, 2.05) is 42.8 Å². The average Bonchev–Trinajstić information content (AvgIpc) is 2.49. The molecule has 6 heteroatoms. The molecule has 0 aliphatic heterocycles. The van der Waals surface area contributed by atoms with Gasteiger partial charge in [0.25, 0.3) is 6.65 Å². The molecule has 0 bridgehead atoms. The van der Waals surface area contributed by atoms with Crippen LogP contribution in [0.4, 0.5) is 5.69 Å². The Morgan fingerprint density at radius 3 is 2.48 bits per heavy atom. The second-order valence-corrected chi connectivity index (χ2v) is 10.0. The highest BCUT2D eigenvalue weighted by molar-refractivity contribution is 8.57. The lowest BCUT2D eigenvalue weighted by atomic mass is 10.2. The molecule has 0 radical (unpaired) electrons. The highest BCUT2D eigenvalue weighted by Crippen LogP contribution is 2.59. The first kappa shape index (κ1) is 18.3. The van der Waals surface area contributed by atoms with Crippen LogP contribution in [0.2, 0.25) is 0 Å². The normalized spacial score (nSPS) is 15.9. The van der Waals surface area contributed by atoms with Crippen LogP contribution in [0, 0.1) is 6.92 Å². The molecule has 0 spiro atoms. The van der Waals surface area contributed by atoms with Gasteiger partial charge in [-0.3, -0.25) is 9.24 Å². The Labute approximate surface area is 132 Å². The standard InChI is InChI=1S/C15H26N3OPS/c1-6-14(4)21-20(19,16-5)18(7-2)12-17-15-10-8-13(3)9-11-15/h8-12,14H,6-7H2,1-5H3,(H,16,19). The van der Waals surface area contributed by atoms with Gasteiger partial charge in [-0.1, -0.05) is 42.9 Å². The molecule has 0 saturated heterocycles. The third kappa shape index (κ3) is 5.50. The van der Waals surface area contributed by atoms with Gasteiger partial charge in [-0.25, -0.2) is 10.1 Å². The highest BCUT2D eigenvalue weighted by Gasteiger charge is 2.28. The fourth-order valence-electron chi connectivity index (χ4n) is 1.66. The Kier molecular flexibility index (Phi) is 7.50. The van der Waals surface area contributed by atoms with Crippen LogP contribution in [-0.2, 0) is 4.57 Å². The molecule has 0 heterocycles. The minimum absolute atomic E-state index is 0.338. The molecule has 0 saturated carbocycles. The zero-order chi connectivity index (χ0) is 15.9. The van der Waals surface area contributed by atoms with Crippen LogP contribution in [0.1, 0.15) is 32.8 Å². The smallest absolute Gasteiger partial charge is 0.293 e. The Bertz CT molecular complexity index is 504. The van der Waals surface area contributed by atoms with Crippen molar-refractivity contribution in [1.29, 1.82) is 0 Å². The highest BCUT2D eigenvalue weighted by atomic mass is 32.7. The number of hydrogen-bond donors (Lipinski definition) is 1. The number of nitrogens with zero attached hydrogens (tertiary/aromatic N) is 2. The van der Waals surface area contributed by atoms with Gasteiger partial charge in [-0.05, 0) is 39.4 Å². The van der Waals surface area contributed by atoms with Crippen molar-refractivity contribution >= 4 is 30.1 Å². The van der Waals surface area contributed by atoms with Crippen LogP contribution in [0.3, 0.4) is 0 Å². The summed E-state index contributed by atoms with van der Waals surface area (Å²) in [7, 11) is 1.75. The van der Waals surface area contributed by atoms with Crippen molar-refractivity contribution in [3.05, 3.63) is 29.8 Å². The SMILES string of the molecule is CCC(C)SP(=O)(NC)N(C=Nc1ccc(C)cc1)CC. The molecular weight excluding hydrogens is 301 g/mol. The predicted molar refractivity (Wildman–Crippen MR) is 95.7 cm³/mol. The number of benzene rings is 1. The van der Waals surface area contributed by atoms with Gasteiger partial charge in [0, 0.05) is 11.8 Å². The van der Waals surface area contributed by atoms with Crippen LogP contribution < -0.4 is 5.09 Å². The number of aliphatic imine (C=N–C) groups is 1. The monoisotopic (exact) mass is 327 g/mol. The van der Waals surface area contributed by atoms with Crippen molar-refractivity contribution in [2.45, 2.75) is 39.4 Å². The summed E-state index contributed by atoms with van der Waals surface area (Å²) in [5.41, 5.74) is 2.07. The Balaban J connectivity index is 2.89. The van der Waals surface area contributed by atoms with Crippen molar-refractivity contribution in [2.24, 2.45) is 4.99 Å². The molecule has 0 aliphatic rings. The zero-order valence-electron chi connectivity index (χ0n) is 13.5. The maximum absolute atomic E-state index is 13.0. The van der Waals surface area contributed by atoms with Crippen molar-refractivity contribution in [3.63, 3.8) is 0 Å². The average molecular weight is 327 g/mol. The van der Waals surface area contributed by atoms with Crippen molar-refractivity contribution in [3.8, 4) is 0 Å². The first-order valence-electron chi connectivity index (χ1n) is 7.30. The first-order chi connectivity index (χ1) is 9.95. The molecule has 1 N–H and O–H groups in total. The first-order valence-corrected chi connectivity index (χ1v) is 10.4. The maximum Gasteiger partial charge on any atom is 0.293 e. The third-order valence-electron chi connectivity index (χ3n) is 3.22. The van der Waals surface area contributed by atoms with E-state index in [1.165, 1.54) is 16.9 Å². The number of nitrogens with one attached hydrogen (secondary N) is 1. The molecule has 0 fully saturated rings. The van der Waals surface area contributed by atoms with E-state index in [2.05, 4.69) is 23.9 Å². The molecule has 0 aromatic heterocycles. The summed E-state index contributed by atoms with van der Waals surface area (Å²) in [5.74, 6) is 0. The lowest BCUT2D eigenvalue weighted by Gasteiger charge is -2.29. The van der Waals surface area contributed by atoms with Gasteiger partial charge in [-0.15, -0.1) is 0 Å². The second-order valence-electron chi connectivity index (χ2n) is 4.90. The number of aryl methyl sites for hydroxylation is 1. The van der Waals surface area contributed by atoms with Gasteiger partial charge in [0.15, 0.2) is 0 Å². The van der Waals surface area contributed by atoms with E-state index >= 15 is 0 Å². The summed E-state index contributed by atoms with van der Waals surface area (Å²) < 4.78 is 14.9. The molecule has 118 valence electrons. The topological polar surface area (TPSA) is 44.7 Å².